The Hall–Kier alpha value is -3.86. The highest BCUT2D eigenvalue weighted by molar-refractivity contribution is 7.80. The number of likely N-dealkylation sites (tertiary alicyclic amines) is 1. The van der Waals surface area contributed by atoms with E-state index in [1.165, 1.54) is 0 Å². The number of carboxylic acid groups (broad SMARTS) is 1. The van der Waals surface area contributed by atoms with Crippen LogP contribution in [0.5, 0.6) is 0 Å². The normalized spacial score (nSPS) is 18.6. The zero-order valence-electron chi connectivity index (χ0n) is 26.9. The molecule has 0 bridgehead atoms. The van der Waals surface area contributed by atoms with Crippen LogP contribution in [0.3, 0.4) is 0 Å². The summed E-state index contributed by atoms with van der Waals surface area (Å²) in [5.41, 5.74) is 21.9. The van der Waals surface area contributed by atoms with Crippen molar-refractivity contribution in [1.82, 2.24) is 31.5 Å². The van der Waals surface area contributed by atoms with Crippen molar-refractivity contribution < 1.29 is 43.8 Å². The second kappa shape index (κ2) is 22.0. The number of carbonyl (C=O) groups is 7. The Kier molecular flexibility index (Phi) is 19.4. The molecule has 1 fully saturated rings. The van der Waals surface area contributed by atoms with Gasteiger partial charge in [0.25, 0.3) is 0 Å². The maximum absolute atomic E-state index is 14.0. The summed E-state index contributed by atoms with van der Waals surface area (Å²) in [6.45, 7) is 0.138. The number of unbranched alkanes of at least 4 members (excludes halogenated alkanes) is 1. The molecule has 0 spiro atoms. The number of aliphatic carboxylic acids is 1. The molecule has 0 unspecified atom stereocenters. The van der Waals surface area contributed by atoms with E-state index in [9.17, 15) is 43.8 Å². The van der Waals surface area contributed by atoms with E-state index in [4.69, 9.17) is 28.3 Å². The van der Waals surface area contributed by atoms with Crippen LogP contribution >= 0.6 is 25.3 Å². The predicted octanol–water partition coefficient (Wildman–Crippen LogP) is -5.57. The van der Waals surface area contributed by atoms with Gasteiger partial charge in [-0.15, -0.1) is 0 Å². The van der Waals surface area contributed by atoms with E-state index in [1.807, 2.05) is 0 Å². The average Bonchev–Trinajstić information content (AvgIpc) is 3.44. The molecule has 20 nitrogen and oxygen atoms in total. The number of nitrogens with one attached hydrogen (secondary N) is 6. The molecule has 1 aliphatic rings. The van der Waals surface area contributed by atoms with Gasteiger partial charge in [-0.2, -0.15) is 25.3 Å². The summed E-state index contributed by atoms with van der Waals surface area (Å²) in [7, 11) is 0. The number of guanidine groups is 1. The predicted molar refractivity (Wildman–Crippen MR) is 183 cm³/mol. The first-order valence-electron chi connectivity index (χ1n) is 15.5. The minimum Gasteiger partial charge on any atom is -0.480 e. The van der Waals surface area contributed by atoms with Crippen molar-refractivity contribution in [2.45, 2.75) is 87.3 Å². The number of aliphatic hydroxyl groups is 1. The standard InChI is InChI=1S/C27H49N11O9S2/c28-6-2-1-4-15(34-21(41)14(29)11-48)22(42)35-16(5-3-7-33-27(31)32)25(45)38-10-13(39)8-19(38)24(44)36-17(9-20(30)40)23(43)37-18(12-49)26(46)47/h13-19,39,48-49H,1-12,28-29H2,(H2,30,40)(H,34,41)(H,35,42)(H,36,44)(H,37,43)(H,46,47)(H4,31,32,33)/t13-,14+,15+,16+,17+,18+,19+/m1/s1. The molecular formula is C27H49N11O9S2. The van der Waals surface area contributed by atoms with Gasteiger partial charge in [-0.3, -0.25) is 34.2 Å². The number of nitrogens with zero attached hydrogens (tertiary/aromatic N) is 1. The lowest BCUT2D eigenvalue weighted by atomic mass is 10.0. The summed E-state index contributed by atoms with van der Waals surface area (Å²) in [4.78, 5) is 90.3. The molecule has 0 aromatic rings. The third kappa shape index (κ3) is 15.1. The number of nitrogens with two attached hydrogens (primary N) is 4. The SMILES string of the molecule is N=C(N)NCCC[C@H](NC(=O)[C@H](CCCCN)NC(=O)[C@@H](N)CS)C(=O)N1C[C@H](O)C[C@H]1C(=O)N[C@@H](CC(N)=O)C(=O)N[C@@H](CS)C(=O)O. The van der Waals surface area contributed by atoms with Crippen molar-refractivity contribution in [1.29, 1.82) is 5.41 Å². The second-order valence-corrected chi connectivity index (χ2v) is 12.1. The fourth-order valence-corrected chi connectivity index (χ4v) is 5.24. The number of hydrogen-bond donors (Lipinski definition) is 14. The second-order valence-electron chi connectivity index (χ2n) is 11.4. The molecular weight excluding hydrogens is 686 g/mol. The molecule has 1 rings (SSSR count). The number of β-amino-alcohol motifs (C(OH)–C–C–N with tert-alkyl or cyclic N) is 1. The number of rotatable bonds is 22. The van der Waals surface area contributed by atoms with Crippen molar-refractivity contribution >= 4 is 72.6 Å². The average molecular weight is 736 g/mol. The van der Waals surface area contributed by atoms with E-state index in [2.05, 4.69) is 51.8 Å². The van der Waals surface area contributed by atoms with Gasteiger partial charge < -0.3 is 64.6 Å². The smallest absolute Gasteiger partial charge is 0.327 e. The summed E-state index contributed by atoms with van der Waals surface area (Å²) < 4.78 is 0. The summed E-state index contributed by atoms with van der Waals surface area (Å²) >= 11 is 7.88. The number of carbonyl (C=O) groups excluding carboxylic acids is 6. The van der Waals surface area contributed by atoms with Gasteiger partial charge in [0.15, 0.2) is 5.96 Å². The summed E-state index contributed by atoms with van der Waals surface area (Å²) in [6, 6.07) is -7.88. The highest BCUT2D eigenvalue weighted by Crippen LogP contribution is 2.21. The highest BCUT2D eigenvalue weighted by Gasteiger charge is 2.43. The Labute approximate surface area is 294 Å². The molecule has 16 N–H and O–H groups in total. The lowest BCUT2D eigenvalue weighted by Crippen LogP contribution is -2.59. The Morgan fingerprint density at radius 2 is 1.43 bits per heavy atom. The molecule has 1 saturated heterocycles. The van der Waals surface area contributed by atoms with Crippen LogP contribution in [0.4, 0.5) is 0 Å². The van der Waals surface area contributed by atoms with Crippen molar-refractivity contribution in [3.63, 3.8) is 0 Å². The molecule has 1 aliphatic heterocycles. The van der Waals surface area contributed by atoms with Gasteiger partial charge in [-0.05, 0) is 38.6 Å². The van der Waals surface area contributed by atoms with Gasteiger partial charge in [0, 0.05) is 31.0 Å². The number of carboxylic acids is 1. The Bertz CT molecular complexity index is 1200. The lowest BCUT2D eigenvalue weighted by Gasteiger charge is -2.30. The molecule has 0 radical (unpaired) electrons. The van der Waals surface area contributed by atoms with Crippen molar-refractivity contribution in [3.8, 4) is 0 Å². The van der Waals surface area contributed by atoms with E-state index < -0.39 is 90.2 Å². The molecule has 7 atom stereocenters. The van der Waals surface area contributed by atoms with Crippen LogP contribution in [0.1, 0.15) is 44.9 Å². The van der Waals surface area contributed by atoms with Crippen LogP contribution in [0.25, 0.3) is 0 Å². The van der Waals surface area contributed by atoms with Crippen LogP contribution in [0.15, 0.2) is 0 Å². The quantitative estimate of drug-likeness (QED) is 0.0214. The third-order valence-corrected chi connectivity index (χ3v) is 8.17. The maximum Gasteiger partial charge on any atom is 0.327 e. The fourth-order valence-electron chi connectivity index (χ4n) is 4.82. The van der Waals surface area contributed by atoms with E-state index in [1.54, 1.807) is 0 Å². The molecule has 0 aromatic carbocycles. The highest BCUT2D eigenvalue weighted by atomic mass is 32.1. The topological polar surface area (TPSA) is 351 Å². The monoisotopic (exact) mass is 735 g/mol. The molecule has 278 valence electrons. The van der Waals surface area contributed by atoms with Crippen LogP contribution in [0.2, 0.25) is 0 Å². The number of thiol groups is 2. The third-order valence-electron chi connectivity index (χ3n) is 7.41. The van der Waals surface area contributed by atoms with Crippen molar-refractivity contribution in [2.75, 3.05) is 31.1 Å². The van der Waals surface area contributed by atoms with Gasteiger partial charge >= 0.3 is 5.97 Å². The van der Waals surface area contributed by atoms with Gasteiger partial charge in [0.1, 0.15) is 30.2 Å². The largest absolute Gasteiger partial charge is 0.480 e. The molecule has 0 aromatic heterocycles. The number of amides is 6. The molecule has 22 heteroatoms. The van der Waals surface area contributed by atoms with Gasteiger partial charge in [-0.25, -0.2) is 4.79 Å². The first-order chi connectivity index (χ1) is 23.1. The van der Waals surface area contributed by atoms with Crippen LogP contribution in [-0.2, 0) is 33.6 Å². The molecule has 49 heavy (non-hydrogen) atoms. The minimum absolute atomic E-state index is 0.00522. The Morgan fingerprint density at radius 3 is 1.98 bits per heavy atom. The van der Waals surface area contributed by atoms with E-state index >= 15 is 0 Å². The van der Waals surface area contributed by atoms with Crippen molar-refractivity contribution in [3.05, 3.63) is 0 Å². The van der Waals surface area contributed by atoms with Gasteiger partial charge in [0.2, 0.25) is 35.4 Å². The van der Waals surface area contributed by atoms with E-state index in [0.29, 0.717) is 19.4 Å². The molecule has 6 amide bonds. The van der Waals surface area contributed by atoms with Crippen LogP contribution in [0, 0.1) is 5.41 Å². The Balaban J connectivity index is 3.31. The van der Waals surface area contributed by atoms with Crippen molar-refractivity contribution in [2.24, 2.45) is 22.9 Å². The number of aliphatic hydroxyl groups excluding tert-OH is 1. The van der Waals surface area contributed by atoms with Crippen LogP contribution in [-0.4, -0.2) is 136 Å². The minimum atomic E-state index is -1.63. The zero-order valence-corrected chi connectivity index (χ0v) is 28.7. The maximum atomic E-state index is 14.0. The van der Waals surface area contributed by atoms with E-state index in [-0.39, 0.29) is 56.2 Å². The molecule has 0 aliphatic carbocycles. The Morgan fingerprint density at radius 1 is 0.837 bits per heavy atom. The number of hydrogen-bond acceptors (Lipinski definition) is 13. The molecule has 1 heterocycles. The summed E-state index contributed by atoms with van der Waals surface area (Å²) in [5.74, 6) is -7.20. The van der Waals surface area contributed by atoms with Crippen LogP contribution < -0.4 is 49.5 Å². The first-order valence-corrected chi connectivity index (χ1v) is 16.8. The van der Waals surface area contributed by atoms with Gasteiger partial charge in [0.05, 0.1) is 18.6 Å². The lowest BCUT2D eigenvalue weighted by molar-refractivity contribution is -0.143. The summed E-state index contributed by atoms with van der Waals surface area (Å²) in [5, 5.41) is 39.3. The van der Waals surface area contributed by atoms with Gasteiger partial charge in [-0.1, -0.05) is 0 Å². The fraction of sp³-hybridized carbons (Fsp3) is 0.704. The number of primary amides is 1. The first kappa shape index (κ1) is 43.2. The molecule has 0 saturated carbocycles. The van der Waals surface area contributed by atoms with E-state index in [0.717, 1.165) is 4.90 Å². The summed E-state index contributed by atoms with van der Waals surface area (Å²) in [6.07, 6.45) is -0.849. The zero-order chi connectivity index (χ0) is 37.3.